The van der Waals surface area contributed by atoms with Crippen molar-refractivity contribution in [2.45, 2.75) is 44.1 Å². The van der Waals surface area contributed by atoms with E-state index in [0.29, 0.717) is 12.3 Å². The van der Waals surface area contributed by atoms with Crippen LogP contribution < -0.4 is 5.32 Å². The molecule has 2 saturated heterocycles. The number of hydrogen-bond donors (Lipinski definition) is 2. The predicted octanol–water partition coefficient (Wildman–Crippen LogP) is 0.168. The van der Waals surface area contributed by atoms with Gasteiger partial charge in [0, 0.05) is 26.6 Å². The molecular weight excluding hydrogens is 192 g/mol. The van der Waals surface area contributed by atoms with Crippen molar-refractivity contribution in [3.63, 3.8) is 0 Å². The Morgan fingerprint density at radius 2 is 2.00 bits per heavy atom. The molecule has 0 aromatic carbocycles. The summed E-state index contributed by atoms with van der Waals surface area (Å²) in [5.74, 6) is 0. The van der Waals surface area contributed by atoms with Gasteiger partial charge in [0.05, 0.1) is 18.4 Å². The fourth-order valence-corrected chi connectivity index (χ4v) is 2.55. The van der Waals surface area contributed by atoms with Crippen molar-refractivity contribution in [3.8, 4) is 0 Å². The normalized spacial score (nSPS) is 35.6. The summed E-state index contributed by atoms with van der Waals surface area (Å²) < 4.78 is 5.42. The third-order valence-electron chi connectivity index (χ3n) is 3.61. The first-order valence-corrected chi connectivity index (χ1v) is 5.98. The van der Waals surface area contributed by atoms with Crippen molar-refractivity contribution >= 4 is 0 Å². The third kappa shape index (κ3) is 2.91. The summed E-state index contributed by atoms with van der Waals surface area (Å²) in [6.07, 6.45) is 4.80. The van der Waals surface area contributed by atoms with Crippen molar-refractivity contribution in [2.75, 3.05) is 26.7 Å². The fraction of sp³-hybridized carbons (Fsp3) is 1.00. The lowest BCUT2D eigenvalue weighted by Crippen LogP contribution is -2.54. The molecular formula is C11H22N2O2. The summed E-state index contributed by atoms with van der Waals surface area (Å²) in [6.45, 7) is 3.06. The highest BCUT2D eigenvalue weighted by Gasteiger charge is 2.28. The van der Waals surface area contributed by atoms with E-state index in [1.54, 1.807) is 7.11 Å². The Bertz CT molecular complexity index is 193. The number of aliphatic hydroxyl groups excluding tert-OH is 1. The van der Waals surface area contributed by atoms with Gasteiger partial charge in [-0.25, -0.2) is 0 Å². The number of nitrogens with one attached hydrogen (secondary N) is 1. The quantitative estimate of drug-likeness (QED) is 0.688. The van der Waals surface area contributed by atoms with Gasteiger partial charge >= 0.3 is 0 Å². The Kier molecular flexibility index (Phi) is 3.97. The molecule has 0 bridgehead atoms. The van der Waals surface area contributed by atoms with Gasteiger partial charge in [-0.2, -0.15) is 0 Å². The maximum atomic E-state index is 9.45. The molecule has 0 aromatic heterocycles. The Morgan fingerprint density at radius 3 is 2.67 bits per heavy atom. The van der Waals surface area contributed by atoms with E-state index in [-0.39, 0.29) is 6.10 Å². The van der Waals surface area contributed by atoms with E-state index in [9.17, 15) is 5.11 Å². The molecule has 2 rings (SSSR count). The van der Waals surface area contributed by atoms with E-state index >= 15 is 0 Å². The monoisotopic (exact) mass is 214 g/mol. The van der Waals surface area contributed by atoms with Crippen molar-refractivity contribution in [3.05, 3.63) is 0 Å². The zero-order valence-electron chi connectivity index (χ0n) is 9.48. The minimum Gasteiger partial charge on any atom is -0.393 e. The molecule has 2 aliphatic heterocycles. The van der Waals surface area contributed by atoms with Crippen LogP contribution in [0.3, 0.4) is 0 Å². The Hall–Kier alpha value is -0.160. The van der Waals surface area contributed by atoms with Crippen molar-refractivity contribution in [1.82, 2.24) is 10.2 Å². The van der Waals surface area contributed by atoms with Gasteiger partial charge in [-0.15, -0.1) is 0 Å². The van der Waals surface area contributed by atoms with E-state index in [2.05, 4.69) is 10.2 Å². The van der Waals surface area contributed by atoms with Crippen LogP contribution in [0, 0.1) is 0 Å². The average Bonchev–Trinajstić information content (AvgIpc) is 2.30. The Balaban J connectivity index is 1.82. The molecule has 0 aromatic rings. The molecule has 0 amide bonds. The number of rotatable bonds is 2. The largest absolute Gasteiger partial charge is 0.393 e. The van der Waals surface area contributed by atoms with Gasteiger partial charge in [0.1, 0.15) is 0 Å². The number of hydrogen-bond acceptors (Lipinski definition) is 4. The summed E-state index contributed by atoms with van der Waals surface area (Å²) in [5.41, 5.74) is 0. The van der Waals surface area contributed by atoms with Crippen molar-refractivity contribution in [2.24, 2.45) is 0 Å². The second kappa shape index (κ2) is 5.25. The fourth-order valence-electron chi connectivity index (χ4n) is 2.55. The topological polar surface area (TPSA) is 44.7 Å². The van der Waals surface area contributed by atoms with Crippen LogP contribution in [0.25, 0.3) is 0 Å². The van der Waals surface area contributed by atoms with Gasteiger partial charge in [0.2, 0.25) is 0 Å². The van der Waals surface area contributed by atoms with E-state index in [0.717, 1.165) is 45.3 Å². The molecule has 2 fully saturated rings. The lowest BCUT2D eigenvalue weighted by molar-refractivity contribution is -0.00224. The van der Waals surface area contributed by atoms with E-state index < -0.39 is 0 Å². The molecule has 2 aliphatic rings. The maximum absolute atomic E-state index is 9.45. The summed E-state index contributed by atoms with van der Waals surface area (Å²) in [4.78, 5) is 2.44. The molecule has 4 heteroatoms. The van der Waals surface area contributed by atoms with Gasteiger partial charge in [-0.05, 0) is 25.8 Å². The van der Waals surface area contributed by atoms with Gasteiger partial charge in [-0.3, -0.25) is 4.90 Å². The van der Waals surface area contributed by atoms with Crippen LogP contribution in [-0.2, 0) is 4.74 Å². The van der Waals surface area contributed by atoms with Crippen molar-refractivity contribution < 1.29 is 9.84 Å². The first-order chi connectivity index (χ1) is 7.29. The van der Waals surface area contributed by atoms with Crippen LogP contribution in [0.5, 0.6) is 0 Å². The number of nitrogens with zero attached hydrogens (tertiary/aromatic N) is 1. The Labute approximate surface area is 91.6 Å². The lowest BCUT2D eigenvalue weighted by atomic mass is 10.0. The van der Waals surface area contributed by atoms with Gasteiger partial charge in [-0.1, -0.05) is 0 Å². The van der Waals surface area contributed by atoms with Crippen LogP contribution in [-0.4, -0.2) is 55.1 Å². The molecule has 0 radical (unpaired) electrons. The highest BCUT2D eigenvalue weighted by atomic mass is 16.5. The van der Waals surface area contributed by atoms with E-state index in [1.807, 2.05) is 0 Å². The molecule has 2 atom stereocenters. The molecule has 15 heavy (non-hydrogen) atoms. The zero-order chi connectivity index (χ0) is 10.7. The third-order valence-corrected chi connectivity index (χ3v) is 3.61. The number of ether oxygens (including phenoxy) is 1. The smallest absolute Gasteiger partial charge is 0.0622 e. The number of piperidine rings is 2. The van der Waals surface area contributed by atoms with Crippen LogP contribution in [0.4, 0.5) is 0 Å². The average molecular weight is 214 g/mol. The second-order valence-corrected chi connectivity index (χ2v) is 4.62. The number of likely N-dealkylation sites (tertiary alicyclic amines) is 1. The number of methoxy groups -OCH3 is 1. The minimum atomic E-state index is -0.0805. The van der Waals surface area contributed by atoms with Crippen LogP contribution >= 0.6 is 0 Å². The predicted molar refractivity (Wildman–Crippen MR) is 58.6 cm³/mol. The van der Waals surface area contributed by atoms with Gasteiger partial charge < -0.3 is 15.2 Å². The lowest BCUT2D eigenvalue weighted by Gasteiger charge is -2.40. The molecule has 0 saturated carbocycles. The van der Waals surface area contributed by atoms with E-state index in [4.69, 9.17) is 4.74 Å². The maximum Gasteiger partial charge on any atom is 0.0622 e. The van der Waals surface area contributed by atoms with Crippen molar-refractivity contribution in [1.29, 1.82) is 0 Å². The molecule has 0 aliphatic carbocycles. The summed E-state index contributed by atoms with van der Waals surface area (Å²) in [6, 6.07) is 0. The highest BCUT2D eigenvalue weighted by Crippen LogP contribution is 2.19. The Morgan fingerprint density at radius 1 is 1.27 bits per heavy atom. The standard InChI is InChI=1S/C11H22N2O2/c1-15-10-2-5-12-11(8-10)13-6-3-9(14)4-7-13/h9-12,14H,2-8H2,1H3. The molecule has 2 N–H and O–H groups in total. The number of aliphatic hydroxyl groups is 1. The molecule has 2 unspecified atom stereocenters. The zero-order valence-corrected chi connectivity index (χ0v) is 9.48. The highest BCUT2D eigenvalue weighted by molar-refractivity contribution is 4.82. The van der Waals surface area contributed by atoms with Crippen LogP contribution in [0.1, 0.15) is 25.7 Å². The molecule has 2 heterocycles. The molecule has 88 valence electrons. The van der Waals surface area contributed by atoms with Crippen LogP contribution in [0.2, 0.25) is 0 Å². The first-order valence-electron chi connectivity index (χ1n) is 5.98. The SMILES string of the molecule is COC1CCNC(N2CCC(O)CC2)C1. The summed E-state index contributed by atoms with van der Waals surface area (Å²) in [5, 5.41) is 13.0. The van der Waals surface area contributed by atoms with Crippen LogP contribution in [0.15, 0.2) is 0 Å². The molecule has 4 nitrogen and oxygen atoms in total. The first kappa shape index (κ1) is 11.3. The van der Waals surface area contributed by atoms with Gasteiger partial charge in [0.15, 0.2) is 0 Å². The summed E-state index contributed by atoms with van der Waals surface area (Å²) in [7, 11) is 1.80. The molecule has 0 spiro atoms. The second-order valence-electron chi connectivity index (χ2n) is 4.62. The van der Waals surface area contributed by atoms with E-state index in [1.165, 1.54) is 0 Å². The summed E-state index contributed by atoms with van der Waals surface area (Å²) >= 11 is 0. The van der Waals surface area contributed by atoms with Gasteiger partial charge in [0.25, 0.3) is 0 Å². The minimum absolute atomic E-state index is 0.0805.